The van der Waals surface area contributed by atoms with Gasteiger partial charge >= 0.3 is 0 Å². The molecule has 2 aliphatic heterocycles. The minimum Gasteiger partial charge on any atom is -0.355 e. The van der Waals surface area contributed by atoms with Gasteiger partial charge in [0.05, 0.1) is 18.4 Å². The van der Waals surface area contributed by atoms with Crippen LogP contribution in [0.2, 0.25) is 0 Å². The Hall–Kier alpha value is -2.76. The van der Waals surface area contributed by atoms with Crippen LogP contribution in [0.5, 0.6) is 0 Å². The molecule has 0 radical (unpaired) electrons. The number of carbonyl (C=O) groups is 2. The molecule has 2 atom stereocenters. The first kappa shape index (κ1) is 16.7. The number of carbonyl (C=O) groups excluding carboxylic acids is 2. The third-order valence-corrected chi connectivity index (χ3v) is 5.17. The minimum absolute atomic E-state index is 0.0653. The number of fused-ring (bicyclic) bond motifs is 1. The van der Waals surface area contributed by atoms with Crippen molar-refractivity contribution >= 4 is 17.6 Å². The fourth-order valence-electron chi connectivity index (χ4n) is 3.74. The van der Waals surface area contributed by atoms with Gasteiger partial charge in [-0.05, 0) is 11.6 Å². The molecular weight excluding hydrogens is 328 g/mol. The van der Waals surface area contributed by atoms with Crippen LogP contribution in [0.15, 0.2) is 42.6 Å². The van der Waals surface area contributed by atoms with Gasteiger partial charge in [0.1, 0.15) is 11.6 Å². The molecule has 26 heavy (non-hydrogen) atoms. The van der Waals surface area contributed by atoms with Gasteiger partial charge in [-0.15, -0.1) is 0 Å². The first-order valence-corrected chi connectivity index (χ1v) is 9.01. The Labute approximate surface area is 152 Å². The van der Waals surface area contributed by atoms with Crippen molar-refractivity contribution in [3.8, 4) is 0 Å². The highest BCUT2D eigenvalue weighted by Crippen LogP contribution is 2.36. The molecule has 0 N–H and O–H groups in total. The van der Waals surface area contributed by atoms with E-state index < -0.39 is 0 Å². The number of hydrogen-bond acceptors (Lipinski definition) is 5. The summed E-state index contributed by atoms with van der Waals surface area (Å²) in [7, 11) is 0. The molecule has 2 fully saturated rings. The predicted molar refractivity (Wildman–Crippen MR) is 97.3 cm³/mol. The Balaban J connectivity index is 1.50. The van der Waals surface area contributed by atoms with E-state index in [2.05, 4.69) is 9.97 Å². The van der Waals surface area contributed by atoms with E-state index >= 15 is 0 Å². The van der Waals surface area contributed by atoms with Gasteiger partial charge in [0.15, 0.2) is 0 Å². The van der Waals surface area contributed by atoms with E-state index in [-0.39, 0.29) is 29.6 Å². The first-order chi connectivity index (χ1) is 12.5. The lowest BCUT2D eigenvalue weighted by atomic mass is 10.00. The smallest absolute Gasteiger partial charge is 0.235 e. The van der Waals surface area contributed by atoms with Crippen LogP contribution >= 0.6 is 0 Å². The molecule has 0 saturated carbocycles. The Bertz CT molecular complexity index is 813. The molecule has 134 valence electrons. The van der Waals surface area contributed by atoms with Crippen molar-refractivity contribution in [1.29, 1.82) is 0 Å². The topological polar surface area (TPSA) is 66.4 Å². The van der Waals surface area contributed by atoms with Crippen LogP contribution in [0.1, 0.15) is 31.2 Å². The number of amides is 2. The molecule has 0 bridgehead atoms. The molecule has 2 unspecified atom stereocenters. The van der Waals surface area contributed by atoms with Gasteiger partial charge in [-0.1, -0.05) is 44.2 Å². The van der Waals surface area contributed by atoms with E-state index in [1.54, 1.807) is 6.20 Å². The van der Waals surface area contributed by atoms with E-state index in [4.69, 9.17) is 0 Å². The normalized spacial score (nSPS) is 22.4. The molecule has 1 aromatic heterocycles. The van der Waals surface area contributed by atoms with Gasteiger partial charge in [-0.2, -0.15) is 0 Å². The molecule has 6 nitrogen and oxygen atoms in total. The van der Waals surface area contributed by atoms with Crippen LogP contribution in [0.3, 0.4) is 0 Å². The van der Waals surface area contributed by atoms with Crippen LogP contribution in [-0.4, -0.2) is 39.8 Å². The zero-order chi connectivity index (χ0) is 18.3. The first-order valence-electron chi connectivity index (χ1n) is 9.01. The SMILES string of the molecule is CC(C)c1nccc(N2CC3C(=O)N(Cc4ccccc4)C(=O)C3C2)n1. The van der Waals surface area contributed by atoms with E-state index in [9.17, 15) is 9.59 Å². The second kappa shape index (κ2) is 6.52. The summed E-state index contributed by atoms with van der Waals surface area (Å²) in [6, 6.07) is 11.5. The van der Waals surface area contributed by atoms with Crippen molar-refractivity contribution < 1.29 is 9.59 Å². The number of imide groups is 1. The summed E-state index contributed by atoms with van der Waals surface area (Å²) in [5.74, 6) is 1.14. The highest BCUT2D eigenvalue weighted by molar-refractivity contribution is 6.06. The fraction of sp³-hybridized carbons (Fsp3) is 0.400. The number of likely N-dealkylation sites (tertiary alicyclic amines) is 1. The molecule has 2 aliphatic rings. The highest BCUT2D eigenvalue weighted by Gasteiger charge is 2.52. The lowest BCUT2D eigenvalue weighted by Crippen LogP contribution is -2.36. The largest absolute Gasteiger partial charge is 0.355 e. The lowest BCUT2D eigenvalue weighted by molar-refractivity contribution is -0.140. The molecule has 0 aliphatic carbocycles. The minimum atomic E-state index is -0.274. The molecule has 0 spiro atoms. The molecule has 1 aromatic carbocycles. The van der Waals surface area contributed by atoms with Crippen molar-refractivity contribution in [2.75, 3.05) is 18.0 Å². The van der Waals surface area contributed by atoms with Crippen LogP contribution in [-0.2, 0) is 16.1 Å². The molecule has 4 rings (SSSR count). The molecule has 2 aromatic rings. The average Bonchev–Trinajstić information content (AvgIpc) is 3.19. The summed E-state index contributed by atoms with van der Waals surface area (Å²) in [5.41, 5.74) is 0.975. The van der Waals surface area contributed by atoms with Crippen LogP contribution in [0.4, 0.5) is 5.82 Å². The summed E-state index contributed by atoms with van der Waals surface area (Å²) >= 11 is 0. The third-order valence-electron chi connectivity index (χ3n) is 5.17. The Kier molecular flexibility index (Phi) is 4.18. The number of benzene rings is 1. The van der Waals surface area contributed by atoms with Gasteiger partial charge in [0.2, 0.25) is 11.8 Å². The van der Waals surface area contributed by atoms with Crippen molar-refractivity contribution in [3.05, 3.63) is 54.0 Å². The number of rotatable bonds is 4. The second-order valence-electron chi connectivity index (χ2n) is 7.29. The number of hydrogen-bond donors (Lipinski definition) is 0. The second-order valence-corrected chi connectivity index (χ2v) is 7.29. The molecule has 6 heteroatoms. The Morgan fingerprint density at radius 2 is 1.69 bits per heavy atom. The highest BCUT2D eigenvalue weighted by atomic mass is 16.2. The van der Waals surface area contributed by atoms with Crippen molar-refractivity contribution in [2.24, 2.45) is 11.8 Å². The number of anilines is 1. The molecule has 3 heterocycles. The van der Waals surface area contributed by atoms with E-state index in [1.807, 2.05) is 55.1 Å². The van der Waals surface area contributed by atoms with Crippen molar-refractivity contribution in [3.63, 3.8) is 0 Å². The van der Waals surface area contributed by atoms with Gasteiger partial charge in [0, 0.05) is 25.2 Å². The number of nitrogens with zero attached hydrogens (tertiary/aromatic N) is 4. The van der Waals surface area contributed by atoms with Gasteiger partial charge in [-0.25, -0.2) is 9.97 Å². The maximum atomic E-state index is 12.8. The van der Waals surface area contributed by atoms with Crippen LogP contribution < -0.4 is 4.90 Å². The van der Waals surface area contributed by atoms with Crippen molar-refractivity contribution in [1.82, 2.24) is 14.9 Å². The zero-order valence-corrected chi connectivity index (χ0v) is 15.0. The molecular formula is C20H22N4O2. The van der Waals surface area contributed by atoms with Gasteiger partial charge in [-0.3, -0.25) is 14.5 Å². The summed E-state index contributed by atoms with van der Waals surface area (Å²) in [5, 5.41) is 0. The van der Waals surface area contributed by atoms with E-state index in [0.717, 1.165) is 17.2 Å². The summed E-state index contributed by atoms with van der Waals surface area (Å²) in [6.07, 6.45) is 1.75. The fourth-order valence-corrected chi connectivity index (χ4v) is 3.74. The van der Waals surface area contributed by atoms with Gasteiger partial charge in [0.25, 0.3) is 0 Å². The molecule has 2 amide bonds. The standard InChI is InChI=1S/C20H22N4O2/c1-13(2)18-21-9-8-17(22-18)23-11-15-16(12-23)20(26)24(19(15)25)10-14-6-4-3-5-7-14/h3-9,13,15-16H,10-12H2,1-2H3. The quantitative estimate of drug-likeness (QED) is 0.791. The Morgan fingerprint density at radius 1 is 1.04 bits per heavy atom. The summed E-state index contributed by atoms with van der Waals surface area (Å²) in [6.45, 7) is 5.53. The third kappa shape index (κ3) is 2.85. The van der Waals surface area contributed by atoms with Crippen LogP contribution in [0, 0.1) is 11.8 Å². The maximum Gasteiger partial charge on any atom is 0.235 e. The van der Waals surface area contributed by atoms with Gasteiger partial charge < -0.3 is 4.90 Å². The monoisotopic (exact) mass is 350 g/mol. The molecule has 2 saturated heterocycles. The number of aromatic nitrogens is 2. The van der Waals surface area contributed by atoms with E-state index in [0.29, 0.717) is 19.6 Å². The zero-order valence-electron chi connectivity index (χ0n) is 15.0. The maximum absolute atomic E-state index is 12.8. The predicted octanol–water partition coefficient (Wildman–Crippen LogP) is 2.22. The van der Waals surface area contributed by atoms with Crippen molar-refractivity contribution in [2.45, 2.75) is 26.3 Å². The lowest BCUT2D eigenvalue weighted by Gasteiger charge is -2.22. The van der Waals surface area contributed by atoms with Crippen LogP contribution in [0.25, 0.3) is 0 Å². The summed E-state index contributed by atoms with van der Waals surface area (Å²) in [4.78, 5) is 37.9. The average molecular weight is 350 g/mol. The Morgan fingerprint density at radius 3 is 2.31 bits per heavy atom. The summed E-state index contributed by atoms with van der Waals surface area (Å²) < 4.78 is 0. The van der Waals surface area contributed by atoms with E-state index in [1.165, 1.54) is 4.90 Å².